The Kier molecular flexibility index (Phi) is 6.53. The van der Waals surface area contributed by atoms with Gasteiger partial charge in [0.25, 0.3) is 0 Å². The number of nitrogens with zero attached hydrogens (tertiary/aromatic N) is 5. The van der Waals surface area contributed by atoms with Gasteiger partial charge in [0, 0.05) is 51.0 Å². The van der Waals surface area contributed by atoms with Gasteiger partial charge in [-0.05, 0) is 38.3 Å². The van der Waals surface area contributed by atoms with Gasteiger partial charge < -0.3 is 10.2 Å². The molecule has 8 heteroatoms. The summed E-state index contributed by atoms with van der Waals surface area (Å²) in [6.45, 7) is 11.0. The minimum absolute atomic E-state index is 0.150. The number of nitrogens with one attached hydrogen (secondary N) is 1. The van der Waals surface area contributed by atoms with Crippen LogP contribution in [-0.2, 0) is 4.79 Å². The molecule has 3 rings (SSSR count). The molecule has 2 aromatic rings. The Morgan fingerprint density at radius 2 is 2.11 bits per heavy atom. The standard InChI is InChI=1S/C20H26N6OS/c1-14(19(27)21-3)12-23-20(22-4)26-9-7-25(8-10-26)15(2)16-5-6-18-17(11-16)24-13-28-18/h5-6,11-13,15H,4,7-10H2,1-3H3,(H,21,27)/b14-12+,23-20?. The molecule has 1 atom stereocenters. The first-order valence-corrected chi connectivity index (χ1v) is 10.2. The molecule has 1 aliphatic rings. The highest BCUT2D eigenvalue weighted by Gasteiger charge is 2.23. The highest BCUT2D eigenvalue weighted by atomic mass is 32.1. The van der Waals surface area contributed by atoms with Gasteiger partial charge in [-0.3, -0.25) is 9.69 Å². The molecule has 1 fully saturated rings. The first-order chi connectivity index (χ1) is 13.5. The van der Waals surface area contributed by atoms with Crippen LogP contribution in [0.1, 0.15) is 25.5 Å². The van der Waals surface area contributed by atoms with Crippen molar-refractivity contribution in [2.75, 3.05) is 33.2 Å². The number of thiazole rings is 1. The van der Waals surface area contributed by atoms with Gasteiger partial charge in [0.2, 0.25) is 11.9 Å². The number of carbonyl (C=O) groups excluding carboxylic acids is 1. The van der Waals surface area contributed by atoms with E-state index in [1.54, 1.807) is 31.5 Å². The Labute approximate surface area is 169 Å². The van der Waals surface area contributed by atoms with E-state index >= 15 is 0 Å². The molecule has 0 aliphatic carbocycles. The normalized spacial score (nSPS) is 17.6. The second-order valence-electron chi connectivity index (χ2n) is 6.76. The van der Waals surface area contributed by atoms with Crippen LogP contribution in [0.4, 0.5) is 0 Å². The zero-order chi connectivity index (χ0) is 20.1. The zero-order valence-electron chi connectivity index (χ0n) is 16.6. The quantitative estimate of drug-likeness (QED) is 0.488. The fourth-order valence-electron chi connectivity index (χ4n) is 3.29. The van der Waals surface area contributed by atoms with Gasteiger partial charge in [-0.2, -0.15) is 0 Å². The number of hydrogen-bond donors (Lipinski definition) is 1. The highest BCUT2D eigenvalue weighted by Crippen LogP contribution is 2.26. The van der Waals surface area contributed by atoms with Crippen molar-refractivity contribution < 1.29 is 4.79 Å². The average molecular weight is 399 g/mol. The molecule has 1 aromatic carbocycles. The summed E-state index contributed by atoms with van der Waals surface area (Å²) >= 11 is 1.67. The summed E-state index contributed by atoms with van der Waals surface area (Å²) in [5.41, 5.74) is 4.78. The lowest BCUT2D eigenvalue weighted by Crippen LogP contribution is -2.48. The molecule has 0 bridgehead atoms. The maximum absolute atomic E-state index is 11.6. The number of fused-ring (bicyclic) bond motifs is 1. The maximum atomic E-state index is 11.6. The first kappa shape index (κ1) is 20.2. The fraction of sp³-hybridized carbons (Fsp3) is 0.400. The number of piperazine rings is 1. The molecule has 0 saturated carbocycles. The number of hydrogen-bond acceptors (Lipinski definition) is 5. The van der Waals surface area contributed by atoms with Crippen LogP contribution in [0.3, 0.4) is 0 Å². The van der Waals surface area contributed by atoms with E-state index < -0.39 is 0 Å². The summed E-state index contributed by atoms with van der Waals surface area (Å²) in [4.78, 5) is 29.0. The van der Waals surface area contributed by atoms with E-state index in [0.29, 0.717) is 17.6 Å². The number of rotatable bonds is 4. The monoisotopic (exact) mass is 398 g/mol. The first-order valence-electron chi connectivity index (χ1n) is 9.29. The number of aliphatic imine (C=N–C) groups is 2. The van der Waals surface area contributed by atoms with Crippen LogP contribution in [0.15, 0.2) is 45.5 Å². The molecule has 0 spiro atoms. The van der Waals surface area contributed by atoms with Crippen molar-refractivity contribution in [2.45, 2.75) is 19.9 Å². The van der Waals surface area contributed by atoms with Gasteiger partial charge in [0.15, 0.2) is 0 Å². The lowest BCUT2D eigenvalue weighted by Gasteiger charge is -2.38. The third-order valence-corrected chi connectivity index (χ3v) is 5.89. The third-order valence-electron chi connectivity index (χ3n) is 5.08. The molecule has 1 aromatic heterocycles. The van der Waals surface area contributed by atoms with Gasteiger partial charge >= 0.3 is 0 Å². The maximum Gasteiger partial charge on any atom is 0.248 e. The number of amides is 1. The molecule has 1 unspecified atom stereocenters. The Morgan fingerprint density at radius 3 is 2.79 bits per heavy atom. The second kappa shape index (κ2) is 9.07. The predicted molar refractivity (Wildman–Crippen MR) is 116 cm³/mol. The zero-order valence-corrected chi connectivity index (χ0v) is 17.4. The minimum Gasteiger partial charge on any atom is -0.355 e. The summed E-state index contributed by atoms with van der Waals surface area (Å²) in [5, 5.41) is 2.58. The SMILES string of the molecule is C=NC(=N/C=C(\C)C(=O)NC)N1CCN(C(C)c2ccc3scnc3c2)CC1. The number of aromatic nitrogens is 1. The Morgan fingerprint density at radius 1 is 1.36 bits per heavy atom. The molecule has 1 saturated heterocycles. The van der Waals surface area contributed by atoms with Gasteiger partial charge in [0.1, 0.15) is 0 Å². The lowest BCUT2D eigenvalue weighted by atomic mass is 10.1. The van der Waals surface area contributed by atoms with Crippen LogP contribution in [-0.4, -0.2) is 66.6 Å². The van der Waals surface area contributed by atoms with E-state index in [2.05, 4.69) is 61.9 Å². The largest absolute Gasteiger partial charge is 0.355 e. The Hall–Kier alpha value is -2.58. The van der Waals surface area contributed by atoms with Crippen LogP contribution in [0.5, 0.6) is 0 Å². The lowest BCUT2D eigenvalue weighted by molar-refractivity contribution is -0.117. The molecular weight excluding hydrogens is 372 g/mol. The van der Waals surface area contributed by atoms with Crippen molar-refractivity contribution in [3.05, 3.63) is 41.0 Å². The predicted octanol–water partition coefficient (Wildman–Crippen LogP) is 2.68. The van der Waals surface area contributed by atoms with Gasteiger partial charge in [-0.1, -0.05) is 6.07 Å². The van der Waals surface area contributed by atoms with Crippen LogP contribution in [0.2, 0.25) is 0 Å². The smallest absolute Gasteiger partial charge is 0.248 e. The summed E-state index contributed by atoms with van der Waals surface area (Å²) in [6, 6.07) is 6.86. The molecule has 0 radical (unpaired) electrons. The summed E-state index contributed by atoms with van der Waals surface area (Å²) in [5.74, 6) is 0.405. The summed E-state index contributed by atoms with van der Waals surface area (Å²) < 4.78 is 1.22. The van der Waals surface area contributed by atoms with Gasteiger partial charge in [-0.25, -0.2) is 15.0 Å². The third kappa shape index (κ3) is 4.45. The molecule has 7 nitrogen and oxygen atoms in total. The highest BCUT2D eigenvalue weighted by molar-refractivity contribution is 7.16. The van der Waals surface area contributed by atoms with Gasteiger partial charge in [-0.15, -0.1) is 11.3 Å². The van der Waals surface area contributed by atoms with Crippen LogP contribution in [0, 0.1) is 0 Å². The molecular formula is C20H26N6OS. The van der Waals surface area contributed by atoms with E-state index in [4.69, 9.17) is 0 Å². The number of likely N-dealkylation sites (N-methyl/N-ethyl adjacent to an activating group) is 1. The molecule has 148 valence electrons. The van der Waals surface area contributed by atoms with E-state index in [1.165, 1.54) is 10.3 Å². The number of benzene rings is 1. The van der Waals surface area contributed by atoms with Crippen molar-refractivity contribution in [1.29, 1.82) is 0 Å². The van der Waals surface area contributed by atoms with Crippen LogP contribution in [0.25, 0.3) is 10.2 Å². The Bertz CT molecular complexity index is 910. The van der Waals surface area contributed by atoms with E-state index in [-0.39, 0.29) is 5.91 Å². The van der Waals surface area contributed by atoms with Gasteiger partial charge in [0.05, 0.1) is 15.7 Å². The van der Waals surface area contributed by atoms with Crippen molar-refractivity contribution in [3.63, 3.8) is 0 Å². The van der Waals surface area contributed by atoms with Crippen molar-refractivity contribution in [1.82, 2.24) is 20.1 Å². The Balaban J connectivity index is 1.64. The van der Waals surface area contributed by atoms with Crippen molar-refractivity contribution in [2.24, 2.45) is 9.98 Å². The number of guanidine groups is 1. The fourth-order valence-corrected chi connectivity index (χ4v) is 3.95. The topological polar surface area (TPSA) is 73.2 Å². The molecule has 1 N–H and O–H groups in total. The molecule has 1 aliphatic heterocycles. The minimum atomic E-state index is -0.150. The van der Waals surface area contributed by atoms with Crippen LogP contribution < -0.4 is 5.32 Å². The van der Waals surface area contributed by atoms with E-state index in [9.17, 15) is 4.79 Å². The van der Waals surface area contributed by atoms with Crippen molar-refractivity contribution >= 4 is 40.1 Å². The number of carbonyl (C=O) groups is 1. The molecule has 2 heterocycles. The van der Waals surface area contributed by atoms with Crippen molar-refractivity contribution in [3.8, 4) is 0 Å². The average Bonchev–Trinajstić information content (AvgIpc) is 3.21. The molecule has 1 amide bonds. The van der Waals surface area contributed by atoms with Crippen LogP contribution >= 0.6 is 11.3 Å². The summed E-state index contributed by atoms with van der Waals surface area (Å²) in [6.07, 6.45) is 1.54. The summed E-state index contributed by atoms with van der Waals surface area (Å²) in [7, 11) is 1.60. The second-order valence-corrected chi connectivity index (χ2v) is 7.64. The van der Waals surface area contributed by atoms with E-state index in [1.807, 2.05) is 5.51 Å². The van der Waals surface area contributed by atoms with E-state index in [0.717, 1.165) is 31.7 Å². The molecule has 28 heavy (non-hydrogen) atoms.